The average Bonchev–Trinajstić information content (AvgIpc) is 1.45. The van der Waals surface area contributed by atoms with E-state index in [9.17, 15) is 0 Å². The molecule has 0 radical (unpaired) electrons. The smallest absolute Gasteiger partial charge is 0.00704 e. The molecule has 5 aliphatic heterocycles. The Bertz CT molecular complexity index is 2010. The van der Waals surface area contributed by atoms with Gasteiger partial charge in [0.1, 0.15) is 0 Å². The number of rotatable bonds is 0. The van der Waals surface area contributed by atoms with Crippen molar-refractivity contribution in [1.82, 2.24) is 21.3 Å². The monoisotopic (exact) mass is 1300 g/mol. The second kappa shape index (κ2) is 31.8. The molecule has 20 aliphatic carbocycles. The molecule has 0 aromatic rings. The molecule has 540 valence electrons. The van der Waals surface area contributed by atoms with Crippen molar-refractivity contribution in [2.75, 3.05) is 32.7 Å². The fourth-order valence-electron chi connectivity index (χ4n) is 28.8. The van der Waals surface area contributed by atoms with Gasteiger partial charge in [0.2, 0.25) is 0 Å². The third-order valence-electron chi connectivity index (χ3n) is 34.7. The van der Waals surface area contributed by atoms with Gasteiger partial charge in [-0.2, -0.15) is 0 Å². The lowest BCUT2D eigenvalue weighted by atomic mass is 9.56. The van der Waals surface area contributed by atoms with Crippen molar-refractivity contribution in [3.8, 4) is 0 Å². The van der Waals surface area contributed by atoms with Crippen molar-refractivity contribution in [3.63, 3.8) is 0 Å². The molecule has 14 unspecified atom stereocenters. The first-order valence-corrected chi connectivity index (χ1v) is 44.1. The maximum Gasteiger partial charge on any atom is 0.00704 e. The van der Waals surface area contributed by atoms with Crippen LogP contribution in [0.4, 0.5) is 0 Å². The molecule has 0 spiro atoms. The van der Waals surface area contributed by atoms with Crippen LogP contribution in [-0.4, -0.2) is 50.8 Å². The van der Waals surface area contributed by atoms with Crippen LogP contribution < -0.4 is 21.3 Å². The predicted octanol–water partition coefficient (Wildman–Crippen LogP) is 23.9. The van der Waals surface area contributed by atoms with Crippen molar-refractivity contribution >= 4 is 0 Å². The number of fused-ring (bicyclic) bond motifs is 19. The maximum atomic E-state index is 3.59. The van der Waals surface area contributed by atoms with E-state index in [1.54, 1.807) is 154 Å². The maximum absolute atomic E-state index is 3.59. The molecular formula is C90H160N4. The van der Waals surface area contributed by atoms with Crippen LogP contribution >= 0.6 is 0 Å². The molecule has 0 aromatic heterocycles. The highest BCUT2D eigenvalue weighted by atomic mass is 15.0. The predicted molar refractivity (Wildman–Crippen MR) is 403 cm³/mol. The van der Waals surface area contributed by atoms with E-state index >= 15 is 0 Å². The first-order chi connectivity index (χ1) is 45.2. The second-order valence-corrected chi connectivity index (χ2v) is 43.0. The van der Waals surface area contributed by atoms with Gasteiger partial charge in [0.25, 0.3) is 0 Å². The molecule has 4 heteroatoms. The van der Waals surface area contributed by atoms with Crippen LogP contribution in [0.2, 0.25) is 0 Å². The number of hydrogen-bond acceptors (Lipinski definition) is 4. The zero-order valence-electron chi connectivity index (χ0n) is 64.3. The normalized spacial score (nSPS) is 48.4. The zero-order chi connectivity index (χ0) is 65.1. The molecule has 0 amide bonds. The summed E-state index contributed by atoms with van der Waals surface area (Å²) in [6.45, 7) is 28.6. The van der Waals surface area contributed by atoms with Gasteiger partial charge in [0.05, 0.1) is 0 Å². The number of nitrogens with one attached hydrogen (secondary N) is 4. The molecule has 25 aliphatic rings. The molecule has 5 heterocycles. The highest BCUT2D eigenvalue weighted by molar-refractivity contribution is 5.06. The van der Waals surface area contributed by atoms with Crippen LogP contribution in [0.15, 0.2) is 0 Å². The number of piperidine rings is 4. The topological polar surface area (TPSA) is 48.1 Å². The summed E-state index contributed by atoms with van der Waals surface area (Å²) in [6, 6.07) is 2.74. The highest BCUT2D eigenvalue weighted by Gasteiger charge is 2.54. The van der Waals surface area contributed by atoms with Crippen LogP contribution in [-0.2, 0) is 0 Å². The van der Waals surface area contributed by atoms with Crippen molar-refractivity contribution < 1.29 is 0 Å². The lowest BCUT2D eigenvalue weighted by molar-refractivity contribution is 0.0198. The molecule has 20 saturated carbocycles. The van der Waals surface area contributed by atoms with E-state index in [1.807, 2.05) is 0 Å². The molecule has 25 rings (SSSR count). The quantitative estimate of drug-likeness (QED) is 0.195. The molecule has 4 nitrogen and oxygen atoms in total. The second-order valence-electron chi connectivity index (χ2n) is 43.0. The first kappa shape index (κ1) is 72.2. The van der Waals surface area contributed by atoms with Crippen molar-refractivity contribution in [1.29, 1.82) is 0 Å². The van der Waals surface area contributed by atoms with E-state index in [0.29, 0.717) is 27.1 Å². The summed E-state index contributed by atoms with van der Waals surface area (Å²) in [7, 11) is 0. The Morgan fingerprint density at radius 2 is 0.681 bits per heavy atom. The molecule has 5 saturated heterocycles. The molecule has 24 bridgehead atoms. The molecule has 0 aromatic carbocycles. The summed E-state index contributed by atoms with van der Waals surface area (Å²) in [5, 5.41) is 14.0. The molecule has 14 atom stereocenters. The van der Waals surface area contributed by atoms with Crippen molar-refractivity contribution in [2.45, 2.75) is 395 Å². The lowest BCUT2D eigenvalue weighted by Gasteiger charge is -2.49. The Morgan fingerprint density at radius 3 is 1.11 bits per heavy atom. The van der Waals surface area contributed by atoms with Gasteiger partial charge >= 0.3 is 0 Å². The van der Waals surface area contributed by atoms with Gasteiger partial charge in [0, 0.05) is 24.7 Å². The largest absolute Gasteiger partial charge is 0.316 e. The Kier molecular flexibility index (Phi) is 24.5. The van der Waals surface area contributed by atoms with E-state index < -0.39 is 0 Å². The Hall–Kier alpha value is -0.160. The third kappa shape index (κ3) is 18.6. The Labute approximate surface area is 584 Å². The van der Waals surface area contributed by atoms with E-state index in [0.717, 1.165) is 94.6 Å². The summed E-state index contributed by atoms with van der Waals surface area (Å²) in [5.74, 6) is 20.2. The Morgan fingerprint density at radius 1 is 0.255 bits per heavy atom. The standard InChI is InChI=1S/C11H18.2C11H20.C10H19N.C10H16.C9H16.C8H14.2C7H13N.C6H11N/c1-2-9-5-10-3-8(1)4-11(6-9)7-10;1-10(2)6-9-4-5-11(3,7-9)8-10;1-10(2)9-5-4-7-11(10,3)8-6-9;1-9(2)8-4-5-10(9,3)7-11-6-8;1-7-2-9-4-8(1)5-10(3-7)6-9;1-2-8-4-6-9(3-1)7-5-8;1-2-7-4-5-8(3-1)6-7;1-2-7-3-6(1)4-8-5-7;1-2-6-4-5-7(3-1)8-6;1-2-6-3-5(1)4-7-6/h8-11H,1-7H2;2*9H,4-8H2,1-3H3;8,11H,4-7H2,1-3H3;7-10H,1-6H2;8-9H,1-7H2;7-8H,1-6H2;2*6-8H,1-5H2;5-7H,1-4H2. The molecule has 25 fully saturated rings. The van der Waals surface area contributed by atoms with Crippen LogP contribution in [0.3, 0.4) is 0 Å². The Balaban J connectivity index is 0.0000000952. The fraction of sp³-hybridized carbons (Fsp3) is 1.00. The van der Waals surface area contributed by atoms with Crippen molar-refractivity contribution in [2.24, 2.45) is 139 Å². The van der Waals surface area contributed by atoms with Gasteiger partial charge in [-0.05, 0) is 377 Å². The fourth-order valence-corrected chi connectivity index (χ4v) is 28.8. The summed E-state index contributed by atoms with van der Waals surface area (Å²) < 4.78 is 0. The molecule has 94 heavy (non-hydrogen) atoms. The minimum atomic E-state index is 0.579. The minimum absolute atomic E-state index is 0.579. The van der Waals surface area contributed by atoms with E-state index in [4.69, 9.17) is 0 Å². The van der Waals surface area contributed by atoms with Crippen LogP contribution in [0.25, 0.3) is 0 Å². The summed E-state index contributed by atoms with van der Waals surface area (Å²) >= 11 is 0. The lowest BCUT2D eigenvalue weighted by Crippen LogP contribution is -2.49. The molecular weight excluding hydrogens is 1140 g/mol. The first-order valence-electron chi connectivity index (χ1n) is 44.1. The van der Waals surface area contributed by atoms with Gasteiger partial charge < -0.3 is 21.3 Å². The summed E-state index contributed by atoms with van der Waals surface area (Å²) in [6.07, 6.45) is 75.1. The van der Waals surface area contributed by atoms with E-state index in [1.165, 1.54) is 229 Å². The van der Waals surface area contributed by atoms with Crippen LogP contribution in [0.1, 0.15) is 377 Å². The van der Waals surface area contributed by atoms with Gasteiger partial charge in [-0.25, -0.2) is 0 Å². The van der Waals surface area contributed by atoms with E-state index in [2.05, 4.69) is 83.6 Å². The minimum Gasteiger partial charge on any atom is -0.316 e. The van der Waals surface area contributed by atoms with Gasteiger partial charge in [-0.1, -0.05) is 165 Å². The zero-order valence-corrected chi connectivity index (χ0v) is 64.3. The molecule has 4 N–H and O–H groups in total. The third-order valence-corrected chi connectivity index (χ3v) is 34.7. The van der Waals surface area contributed by atoms with E-state index in [-0.39, 0.29) is 0 Å². The average molecular weight is 1300 g/mol. The van der Waals surface area contributed by atoms with Crippen molar-refractivity contribution in [3.05, 3.63) is 0 Å². The van der Waals surface area contributed by atoms with Crippen LogP contribution in [0.5, 0.6) is 0 Å². The summed E-state index contributed by atoms with van der Waals surface area (Å²) in [5.41, 5.74) is 3.87. The van der Waals surface area contributed by atoms with Gasteiger partial charge in [-0.3, -0.25) is 0 Å². The van der Waals surface area contributed by atoms with Gasteiger partial charge in [-0.15, -0.1) is 0 Å². The highest BCUT2D eigenvalue weighted by Crippen LogP contribution is 2.63. The SMILES string of the molecule is C1C2CC3CC1CC(C2)C3.C1CC2CC1CN2.C1CC2CC3CC1CC(C2)C3.C1CC2CCC(C1)C2.C1CC2CCC(C1)CC2.C1CC2CCC(C1)N2.C1CC2CNCC1C2.CC1(C)CC2CCC(C)(C2)C1.CC12CCC(CNC1)C2(C)C.CC12CCCC(CC1)C2(C)C. The van der Waals surface area contributed by atoms with Crippen LogP contribution in [0, 0.1) is 139 Å². The summed E-state index contributed by atoms with van der Waals surface area (Å²) in [4.78, 5) is 0. The van der Waals surface area contributed by atoms with Gasteiger partial charge in [0.15, 0.2) is 0 Å². The number of hydrogen-bond donors (Lipinski definition) is 4.